The largest absolute Gasteiger partial charge is 0.359 e. The topological polar surface area (TPSA) is 90.5 Å². The molecule has 1 aliphatic heterocycles. The summed E-state index contributed by atoms with van der Waals surface area (Å²) in [5.74, 6) is -1.10. The number of nitrogens with zero attached hydrogens (tertiary/aromatic N) is 1. The van der Waals surface area contributed by atoms with Crippen molar-refractivity contribution in [2.45, 2.75) is 44.7 Å². The van der Waals surface area contributed by atoms with E-state index in [2.05, 4.69) is 16.0 Å². The zero-order valence-corrected chi connectivity index (χ0v) is 17.3. The van der Waals surface area contributed by atoms with Crippen LogP contribution in [0.25, 0.3) is 0 Å². The molecule has 2 aromatic carbocycles. The minimum absolute atomic E-state index is 0.172. The first-order valence-electron chi connectivity index (χ1n) is 10.5. The summed E-state index contributed by atoms with van der Waals surface area (Å²) in [4.78, 5) is 39.1. The number of carbonyl (C=O) groups is 3. The number of fused-ring (bicyclic) bond motifs is 1. The lowest BCUT2D eigenvalue weighted by Gasteiger charge is -2.36. The number of anilines is 2. The number of nitrogens with one attached hydrogen (secondary N) is 3. The predicted octanol–water partition coefficient (Wildman–Crippen LogP) is 3.21. The maximum absolute atomic E-state index is 13.1. The van der Waals surface area contributed by atoms with Crippen LogP contribution in [0.5, 0.6) is 0 Å². The monoisotopic (exact) mass is 424 g/mol. The Morgan fingerprint density at radius 3 is 2.55 bits per heavy atom. The Bertz CT molecular complexity index is 1000. The van der Waals surface area contributed by atoms with Crippen LogP contribution in [0, 0.1) is 5.82 Å². The number of halogens is 1. The van der Waals surface area contributed by atoms with E-state index in [4.69, 9.17) is 0 Å². The van der Waals surface area contributed by atoms with Gasteiger partial charge in [0.25, 0.3) is 5.91 Å². The molecule has 0 saturated heterocycles. The molecule has 162 valence electrons. The van der Waals surface area contributed by atoms with E-state index in [0.29, 0.717) is 17.8 Å². The number of rotatable bonds is 5. The first-order chi connectivity index (χ1) is 14.9. The number of amides is 4. The van der Waals surface area contributed by atoms with Crippen LogP contribution in [0.2, 0.25) is 0 Å². The SMILES string of the molecule is CC(C(=O)NC(=O)NC1CC1)N1CCCc2c(NC(=O)c3ccc(F)cc3)cccc21. The fraction of sp³-hybridized carbons (Fsp3) is 0.348. The Morgan fingerprint density at radius 1 is 1.10 bits per heavy atom. The highest BCUT2D eigenvalue weighted by atomic mass is 19.1. The van der Waals surface area contributed by atoms with Crippen molar-refractivity contribution in [3.8, 4) is 0 Å². The first-order valence-corrected chi connectivity index (χ1v) is 10.5. The van der Waals surface area contributed by atoms with Gasteiger partial charge in [0.05, 0.1) is 0 Å². The minimum Gasteiger partial charge on any atom is -0.359 e. The first kappa shape index (κ1) is 20.8. The Balaban J connectivity index is 1.49. The lowest BCUT2D eigenvalue weighted by atomic mass is 9.98. The van der Waals surface area contributed by atoms with Gasteiger partial charge in [0, 0.05) is 29.5 Å². The number of benzene rings is 2. The molecule has 4 rings (SSSR count). The highest BCUT2D eigenvalue weighted by Crippen LogP contribution is 2.34. The highest BCUT2D eigenvalue weighted by molar-refractivity contribution is 6.05. The average molecular weight is 424 g/mol. The highest BCUT2D eigenvalue weighted by Gasteiger charge is 2.30. The summed E-state index contributed by atoms with van der Waals surface area (Å²) in [5.41, 5.74) is 2.82. The minimum atomic E-state index is -0.549. The van der Waals surface area contributed by atoms with Crippen molar-refractivity contribution in [3.05, 3.63) is 59.4 Å². The van der Waals surface area contributed by atoms with Gasteiger partial charge in [0.2, 0.25) is 5.91 Å². The molecule has 2 aliphatic rings. The molecule has 2 aromatic rings. The summed E-state index contributed by atoms with van der Waals surface area (Å²) in [6, 6.07) is 10.1. The van der Waals surface area contributed by atoms with E-state index in [1.807, 2.05) is 23.1 Å². The molecule has 4 amide bonds. The van der Waals surface area contributed by atoms with Crippen molar-refractivity contribution < 1.29 is 18.8 Å². The zero-order chi connectivity index (χ0) is 22.0. The molecular weight excluding hydrogens is 399 g/mol. The molecule has 1 fully saturated rings. The summed E-state index contributed by atoms with van der Waals surface area (Å²) in [5, 5.41) is 8.07. The van der Waals surface area contributed by atoms with Crippen LogP contribution in [-0.2, 0) is 11.2 Å². The van der Waals surface area contributed by atoms with Crippen LogP contribution in [-0.4, -0.2) is 36.5 Å². The third-order valence-corrected chi connectivity index (χ3v) is 5.64. The number of carbonyl (C=O) groups excluding carboxylic acids is 3. The predicted molar refractivity (Wildman–Crippen MR) is 116 cm³/mol. The molecule has 3 N–H and O–H groups in total. The van der Waals surface area contributed by atoms with Crippen LogP contribution in [0.1, 0.15) is 42.1 Å². The van der Waals surface area contributed by atoms with Crippen molar-refractivity contribution in [1.29, 1.82) is 0 Å². The van der Waals surface area contributed by atoms with Crippen LogP contribution < -0.4 is 20.9 Å². The Morgan fingerprint density at radius 2 is 1.84 bits per heavy atom. The van der Waals surface area contributed by atoms with Gasteiger partial charge in [-0.15, -0.1) is 0 Å². The van der Waals surface area contributed by atoms with E-state index in [0.717, 1.165) is 36.9 Å². The van der Waals surface area contributed by atoms with Crippen molar-refractivity contribution in [3.63, 3.8) is 0 Å². The van der Waals surface area contributed by atoms with E-state index in [1.54, 1.807) is 6.92 Å². The molecule has 1 unspecified atom stereocenters. The maximum Gasteiger partial charge on any atom is 0.321 e. The van der Waals surface area contributed by atoms with E-state index >= 15 is 0 Å². The van der Waals surface area contributed by atoms with Crippen molar-refractivity contribution >= 4 is 29.2 Å². The molecule has 1 aliphatic carbocycles. The summed E-state index contributed by atoms with van der Waals surface area (Å²) >= 11 is 0. The third kappa shape index (κ3) is 4.84. The van der Waals surface area contributed by atoms with E-state index in [9.17, 15) is 18.8 Å². The summed E-state index contributed by atoms with van der Waals surface area (Å²) < 4.78 is 13.1. The number of hydrogen-bond acceptors (Lipinski definition) is 4. The van der Waals surface area contributed by atoms with E-state index in [1.165, 1.54) is 24.3 Å². The van der Waals surface area contributed by atoms with Gasteiger partial charge >= 0.3 is 6.03 Å². The van der Waals surface area contributed by atoms with Gasteiger partial charge < -0.3 is 15.5 Å². The Kier molecular flexibility index (Phi) is 5.88. The molecule has 0 spiro atoms. The smallest absolute Gasteiger partial charge is 0.321 e. The van der Waals surface area contributed by atoms with Crippen molar-refractivity contribution in [1.82, 2.24) is 10.6 Å². The van der Waals surface area contributed by atoms with E-state index < -0.39 is 17.9 Å². The van der Waals surface area contributed by atoms with Gasteiger partial charge in [-0.1, -0.05) is 6.07 Å². The van der Waals surface area contributed by atoms with Crippen molar-refractivity contribution in [2.75, 3.05) is 16.8 Å². The second-order valence-corrected chi connectivity index (χ2v) is 7.97. The third-order valence-electron chi connectivity index (χ3n) is 5.64. The Hall–Kier alpha value is -3.42. The normalized spacial score (nSPS) is 16.1. The standard InChI is InChI=1S/C23H25FN4O3/c1-14(21(29)27-23(31)25-17-11-12-17)28-13-3-4-18-19(5-2-6-20(18)28)26-22(30)15-7-9-16(24)10-8-15/h2,5-10,14,17H,3-4,11-13H2,1H3,(H,26,30)(H2,25,27,29,31). The second-order valence-electron chi connectivity index (χ2n) is 7.97. The van der Waals surface area contributed by atoms with Crippen LogP contribution in [0.3, 0.4) is 0 Å². The van der Waals surface area contributed by atoms with Crippen LogP contribution in [0.4, 0.5) is 20.6 Å². The van der Waals surface area contributed by atoms with Gasteiger partial charge in [0.1, 0.15) is 11.9 Å². The maximum atomic E-state index is 13.1. The number of hydrogen-bond donors (Lipinski definition) is 3. The second kappa shape index (κ2) is 8.75. The zero-order valence-electron chi connectivity index (χ0n) is 17.3. The molecule has 1 saturated carbocycles. The number of imide groups is 1. The molecule has 8 heteroatoms. The van der Waals surface area contributed by atoms with Gasteiger partial charge in [0.15, 0.2) is 0 Å². The van der Waals surface area contributed by atoms with Crippen molar-refractivity contribution in [2.24, 2.45) is 0 Å². The number of urea groups is 1. The van der Waals surface area contributed by atoms with Crippen LogP contribution >= 0.6 is 0 Å². The molecular formula is C23H25FN4O3. The van der Waals surface area contributed by atoms with Gasteiger partial charge in [-0.3, -0.25) is 14.9 Å². The van der Waals surface area contributed by atoms with Gasteiger partial charge in [-0.25, -0.2) is 9.18 Å². The molecule has 1 atom stereocenters. The Labute approximate surface area is 180 Å². The van der Waals surface area contributed by atoms with Gasteiger partial charge in [-0.2, -0.15) is 0 Å². The fourth-order valence-electron chi connectivity index (χ4n) is 3.78. The quantitative estimate of drug-likeness (QED) is 0.688. The van der Waals surface area contributed by atoms with Gasteiger partial charge in [-0.05, 0) is 74.6 Å². The summed E-state index contributed by atoms with van der Waals surface area (Å²) in [6.07, 6.45) is 3.46. The summed E-state index contributed by atoms with van der Waals surface area (Å²) in [7, 11) is 0. The molecule has 1 heterocycles. The summed E-state index contributed by atoms with van der Waals surface area (Å²) in [6.45, 7) is 2.43. The molecule has 0 radical (unpaired) electrons. The molecule has 0 aromatic heterocycles. The fourth-order valence-corrected chi connectivity index (χ4v) is 3.78. The lowest BCUT2D eigenvalue weighted by molar-refractivity contribution is -0.121. The molecule has 31 heavy (non-hydrogen) atoms. The van der Waals surface area contributed by atoms with E-state index in [-0.39, 0.29) is 17.9 Å². The van der Waals surface area contributed by atoms with Crippen LogP contribution in [0.15, 0.2) is 42.5 Å². The average Bonchev–Trinajstić information content (AvgIpc) is 3.57. The lowest BCUT2D eigenvalue weighted by Crippen LogP contribution is -2.51. The molecule has 7 nitrogen and oxygen atoms in total. The molecule has 0 bridgehead atoms.